The summed E-state index contributed by atoms with van der Waals surface area (Å²) in [6.45, 7) is 6.90. The lowest BCUT2D eigenvalue weighted by Gasteiger charge is -2.14. The normalized spacial score (nSPS) is 12.7. The quantitative estimate of drug-likeness (QED) is 0.682. The highest BCUT2D eigenvalue weighted by Crippen LogP contribution is 2.00. The molecule has 0 fully saturated rings. The highest BCUT2D eigenvalue weighted by molar-refractivity contribution is 5.82. The zero-order chi connectivity index (χ0) is 12.0. The first kappa shape index (κ1) is 13.9. The van der Waals surface area contributed by atoms with Crippen molar-refractivity contribution in [3.05, 3.63) is 0 Å². The Kier molecular flexibility index (Phi) is 5.93. The third-order valence-corrected chi connectivity index (χ3v) is 1.41. The Morgan fingerprint density at radius 2 is 1.53 bits per heavy atom. The molecule has 0 saturated heterocycles. The Balaban J connectivity index is 3.96. The van der Waals surface area contributed by atoms with E-state index in [9.17, 15) is 9.59 Å². The average Bonchev–Trinajstić information content (AvgIpc) is 2.00. The van der Waals surface area contributed by atoms with E-state index in [2.05, 4.69) is 0 Å². The summed E-state index contributed by atoms with van der Waals surface area (Å²) in [7, 11) is 0. The zero-order valence-electron chi connectivity index (χ0n) is 9.65. The number of hydrogen-bond acceptors (Lipinski definition) is 5. The van der Waals surface area contributed by atoms with Crippen LogP contribution in [0.15, 0.2) is 0 Å². The Bertz CT molecular complexity index is 225. The smallest absolute Gasteiger partial charge is 0.323 e. The Morgan fingerprint density at radius 1 is 1.07 bits per heavy atom. The van der Waals surface area contributed by atoms with Gasteiger partial charge in [-0.05, 0) is 27.7 Å². The largest absolute Gasteiger partial charge is 0.463 e. The molecule has 2 N–H and O–H groups in total. The minimum atomic E-state index is -0.946. The number of ether oxygens (including phenoxy) is 2. The van der Waals surface area contributed by atoms with E-state index in [0.717, 1.165) is 0 Å². The third kappa shape index (κ3) is 6.90. The summed E-state index contributed by atoms with van der Waals surface area (Å²) in [4.78, 5) is 22.4. The fraction of sp³-hybridized carbons (Fsp3) is 0.800. The van der Waals surface area contributed by atoms with Crippen molar-refractivity contribution in [1.29, 1.82) is 0 Å². The first-order chi connectivity index (χ1) is 6.82. The van der Waals surface area contributed by atoms with Crippen LogP contribution in [0.3, 0.4) is 0 Å². The van der Waals surface area contributed by atoms with Crippen LogP contribution in [0.4, 0.5) is 0 Å². The van der Waals surface area contributed by atoms with Crippen LogP contribution in [-0.4, -0.2) is 30.2 Å². The summed E-state index contributed by atoms with van der Waals surface area (Å²) in [5, 5.41) is 0. The molecule has 1 atom stereocenters. The van der Waals surface area contributed by atoms with Gasteiger partial charge >= 0.3 is 11.9 Å². The molecular weight excluding hydrogens is 198 g/mol. The molecule has 0 aromatic carbocycles. The molecule has 5 heteroatoms. The van der Waals surface area contributed by atoms with Crippen LogP contribution in [0.5, 0.6) is 0 Å². The maximum Gasteiger partial charge on any atom is 0.323 e. The Hall–Kier alpha value is -1.10. The highest BCUT2D eigenvalue weighted by atomic mass is 16.5. The number of esters is 2. The molecule has 0 heterocycles. The van der Waals surface area contributed by atoms with Gasteiger partial charge in [-0.2, -0.15) is 0 Å². The molecule has 0 aliphatic heterocycles. The van der Waals surface area contributed by atoms with Gasteiger partial charge < -0.3 is 15.2 Å². The van der Waals surface area contributed by atoms with E-state index in [1.54, 1.807) is 27.7 Å². The van der Waals surface area contributed by atoms with Crippen molar-refractivity contribution < 1.29 is 19.1 Å². The monoisotopic (exact) mass is 217 g/mol. The summed E-state index contributed by atoms with van der Waals surface area (Å²) < 4.78 is 9.70. The highest BCUT2D eigenvalue weighted by Gasteiger charge is 2.21. The lowest BCUT2D eigenvalue weighted by molar-refractivity contribution is -0.155. The van der Waals surface area contributed by atoms with Gasteiger partial charge in [0.25, 0.3) is 0 Å². The number of carbonyl (C=O) groups excluding carboxylic acids is 2. The van der Waals surface area contributed by atoms with Gasteiger partial charge in [-0.3, -0.25) is 9.59 Å². The van der Waals surface area contributed by atoms with E-state index < -0.39 is 18.0 Å². The number of nitrogens with two attached hydrogens (primary N) is 1. The van der Waals surface area contributed by atoms with E-state index in [1.807, 2.05) is 0 Å². The van der Waals surface area contributed by atoms with Gasteiger partial charge in [-0.25, -0.2) is 0 Å². The molecule has 0 aliphatic rings. The van der Waals surface area contributed by atoms with E-state index in [-0.39, 0.29) is 18.6 Å². The van der Waals surface area contributed by atoms with Gasteiger partial charge in [-0.1, -0.05) is 0 Å². The standard InChI is InChI=1S/C10H19NO4/c1-6(2)14-9(12)5-8(11)10(13)15-7(3)4/h6-8H,5,11H2,1-4H3/t8-/m0/s1. The predicted octanol–water partition coefficient (Wildman–Crippen LogP) is 0.607. The topological polar surface area (TPSA) is 78.6 Å². The molecule has 0 amide bonds. The first-order valence-electron chi connectivity index (χ1n) is 4.98. The van der Waals surface area contributed by atoms with E-state index in [4.69, 9.17) is 15.2 Å². The lowest BCUT2D eigenvalue weighted by atomic mass is 10.2. The fourth-order valence-electron chi connectivity index (χ4n) is 0.894. The number of carbonyl (C=O) groups is 2. The molecule has 0 saturated carbocycles. The number of hydrogen-bond donors (Lipinski definition) is 1. The molecule has 88 valence electrons. The van der Waals surface area contributed by atoms with Crippen molar-refractivity contribution in [2.24, 2.45) is 5.73 Å². The van der Waals surface area contributed by atoms with Gasteiger partial charge in [0, 0.05) is 0 Å². The van der Waals surface area contributed by atoms with Gasteiger partial charge in [-0.15, -0.1) is 0 Å². The van der Waals surface area contributed by atoms with E-state index in [1.165, 1.54) is 0 Å². The molecule has 15 heavy (non-hydrogen) atoms. The van der Waals surface area contributed by atoms with Gasteiger partial charge in [0.05, 0.1) is 18.6 Å². The van der Waals surface area contributed by atoms with Crippen LogP contribution < -0.4 is 5.73 Å². The van der Waals surface area contributed by atoms with Gasteiger partial charge in [0.2, 0.25) is 0 Å². The SMILES string of the molecule is CC(C)OC(=O)C[C@H](N)C(=O)OC(C)C. The van der Waals surface area contributed by atoms with E-state index in [0.29, 0.717) is 0 Å². The molecule has 5 nitrogen and oxygen atoms in total. The van der Waals surface area contributed by atoms with Crippen molar-refractivity contribution in [3.8, 4) is 0 Å². The van der Waals surface area contributed by atoms with Crippen LogP contribution in [0, 0.1) is 0 Å². The summed E-state index contributed by atoms with van der Waals surface area (Å²) in [6, 6.07) is -0.946. The van der Waals surface area contributed by atoms with Crippen LogP contribution in [0.1, 0.15) is 34.1 Å². The fourth-order valence-corrected chi connectivity index (χ4v) is 0.894. The second-order valence-corrected chi connectivity index (χ2v) is 3.83. The minimum Gasteiger partial charge on any atom is -0.463 e. The summed E-state index contributed by atoms with van der Waals surface area (Å²) >= 11 is 0. The Labute approximate surface area is 89.9 Å². The maximum absolute atomic E-state index is 11.2. The summed E-state index contributed by atoms with van der Waals surface area (Å²) in [6.07, 6.45) is -0.584. The second kappa shape index (κ2) is 6.40. The van der Waals surface area contributed by atoms with Crippen LogP contribution >= 0.6 is 0 Å². The molecule has 0 aromatic heterocycles. The lowest BCUT2D eigenvalue weighted by Crippen LogP contribution is -2.36. The average molecular weight is 217 g/mol. The molecule has 0 rings (SSSR count). The van der Waals surface area contributed by atoms with Gasteiger partial charge in [0.1, 0.15) is 6.04 Å². The predicted molar refractivity (Wildman–Crippen MR) is 55.0 cm³/mol. The maximum atomic E-state index is 11.2. The second-order valence-electron chi connectivity index (χ2n) is 3.83. The molecule has 0 aromatic rings. The van der Waals surface area contributed by atoms with E-state index >= 15 is 0 Å². The third-order valence-electron chi connectivity index (χ3n) is 1.41. The van der Waals surface area contributed by atoms with Crippen molar-refractivity contribution in [1.82, 2.24) is 0 Å². The van der Waals surface area contributed by atoms with Crippen LogP contribution in [-0.2, 0) is 19.1 Å². The molecular formula is C10H19NO4. The summed E-state index contributed by atoms with van der Waals surface area (Å²) in [5.41, 5.74) is 5.47. The number of rotatable bonds is 5. The van der Waals surface area contributed by atoms with Crippen LogP contribution in [0.25, 0.3) is 0 Å². The van der Waals surface area contributed by atoms with Crippen LogP contribution in [0.2, 0.25) is 0 Å². The molecule has 0 aliphatic carbocycles. The molecule has 0 spiro atoms. The molecule has 0 unspecified atom stereocenters. The van der Waals surface area contributed by atoms with Crippen molar-refractivity contribution in [2.75, 3.05) is 0 Å². The molecule has 0 radical (unpaired) electrons. The molecule has 0 bridgehead atoms. The Morgan fingerprint density at radius 3 is 1.93 bits per heavy atom. The zero-order valence-corrected chi connectivity index (χ0v) is 9.65. The van der Waals surface area contributed by atoms with Crippen molar-refractivity contribution >= 4 is 11.9 Å². The first-order valence-corrected chi connectivity index (χ1v) is 4.98. The van der Waals surface area contributed by atoms with Gasteiger partial charge in [0.15, 0.2) is 0 Å². The van der Waals surface area contributed by atoms with Crippen molar-refractivity contribution in [3.63, 3.8) is 0 Å². The summed E-state index contributed by atoms with van der Waals surface area (Å²) in [5.74, 6) is -1.07. The van der Waals surface area contributed by atoms with Crippen molar-refractivity contribution in [2.45, 2.75) is 52.4 Å². The minimum absolute atomic E-state index is 0.149.